The molecule has 5 aromatic rings. The maximum Gasteiger partial charge on any atom is 0.213 e. The van der Waals surface area contributed by atoms with Crippen molar-refractivity contribution in [2.24, 2.45) is 4.99 Å². The summed E-state index contributed by atoms with van der Waals surface area (Å²) in [5, 5.41) is 0. The molecule has 1 aliphatic heterocycles. The molecule has 1 aromatic carbocycles. The van der Waals surface area contributed by atoms with Crippen molar-refractivity contribution in [1.82, 2.24) is 29.4 Å². The molecule has 0 radical (unpaired) electrons. The zero-order valence-corrected chi connectivity index (χ0v) is 21.8. The lowest BCUT2D eigenvalue weighted by Gasteiger charge is -2.31. The molecule has 6 rings (SSSR count). The molecule has 9 heteroatoms. The second-order valence-electron chi connectivity index (χ2n) is 9.63. The van der Waals surface area contributed by atoms with Crippen molar-refractivity contribution in [3.05, 3.63) is 90.4 Å². The van der Waals surface area contributed by atoms with E-state index in [1.807, 2.05) is 41.0 Å². The van der Waals surface area contributed by atoms with Gasteiger partial charge in [-0.3, -0.25) is 14.5 Å². The van der Waals surface area contributed by atoms with Gasteiger partial charge in [-0.25, -0.2) is 19.9 Å². The number of hydrogen-bond acceptors (Lipinski definition) is 8. The molecule has 0 aliphatic carbocycles. The highest BCUT2D eigenvalue weighted by Crippen LogP contribution is 2.30. The number of aromatic nitrogens is 5. The van der Waals surface area contributed by atoms with E-state index in [2.05, 4.69) is 49.1 Å². The summed E-state index contributed by atoms with van der Waals surface area (Å²) in [5.74, 6) is 1.84. The van der Waals surface area contributed by atoms with Gasteiger partial charge >= 0.3 is 0 Å². The number of pyridine rings is 3. The Hall–Kier alpha value is -4.63. The van der Waals surface area contributed by atoms with E-state index in [1.165, 1.54) is 5.56 Å². The number of piperidine rings is 1. The first kappa shape index (κ1) is 24.7. The molecule has 0 amide bonds. The Morgan fingerprint density at radius 3 is 2.51 bits per heavy atom. The van der Waals surface area contributed by atoms with E-state index in [0.29, 0.717) is 11.7 Å². The molecule has 39 heavy (non-hydrogen) atoms. The van der Waals surface area contributed by atoms with Crippen LogP contribution in [0.3, 0.4) is 0 Å². The fourth-order valence-corrected chi connectivity index (χ4v) is 5.00. The number of rotatable bonds is 7. The van der Waals surface area contributed by atoms with Gasteiger partial charge in [0.1, 0.15) is 17.4 Å². The zero-order valence-electron chi connectivity index (χ0n) is 21.8. The minimum atomic E-state index is 0.183. The summed E-state index contributed by atoms with van der Waals surface area (Å²) in [7, 11) is 1.75. The molecule has 4 aromatic heterocycles. The van der Waals surface area contributed by atoms with Crippen molar-refractivity contribution in [2.75, 3.05) is 25.9 Å². The number of ether oxygens (including phenoxy) is 1. The summed E-state index contributed by atoms with van der Waals surface area (Å²) in [6.07, 6.45) is 9.17. The van der Waals surface area contributed by atoms with Crippen molar-refractivity contribution >= 4 is 23.2 Å². The van der Waals surface area contributed by atoms with E-state index in [1.54, 1.807) is 31.9 Å². The largest absolute Gasteiger partial charge is 0.474 e. The first-order chi connectivity index (χ1) is 19.2. The topological polar surface area (TPSA) is 107 Å². The molecule has 0 saturated carbocycles. The van der Waals surface area contributed by atoms with Crippen LogP contribution in [0.25, 0.3) is 28.2 Å². The number of benzene rings is 1. The van der Waals surface area contributed by atoms with Gasteiger partial charge < -0.3 is 10.5 Å². The van der Waals surface area contributed by atoms with Gasteiger partial charge in [-0.1, -0.05) is 12.1 Å². The molecule has 0 bridgehead atoms. The third-order valence-corrected chi connectivity index (χ3v) is 6.96. The number of imidazole rings is 1. The Morgan fingerprint density at radius 1 is 0.974 bits per heavy atom. The Kier molecular flexibility index (Phi) is 6.97. The molecule has 5 heterocycles. The molecule has 9 nitrogen and oxygen atoms in total. The smallest absolute Gasteiger partial charge is 0.213 e. The maximum atomic E-state index is 6.21. The number of likely N-dealkylation sites (tertiary alicyclic amines) is 1. The standard InChI is InChI=1S/C30H30N8O/c1-32-18-22-8-11-27(35-19-22)39-24-12-16-37(17-13-24)20-21-6-9-23(10-7-21)38-29(25-4-2-14-33-28(25)31)36-26-5-3-15-34-30(26)38/h2-11,14-15,18-19,24H,12-13,16-17,20H2,1H3,(H2,31,33)/b32-18-. The first-order valence-electron chi connectivity index (χ1n) is 13.1. The minimum Gasteiger partial charge on any atom is -0.474 e. The lowest BCUT2D eigenvalue weighted by atomic mass is 10.1. The Bertz CT molecular complexity index is 1590. The summed E-state index contributed by atoms with van der Waals surface area (Å²) in [4.78, 5) is 24.6. The fourth-order valence-electron chi connectivity index (χ4n) is 5.00. The second kappa shape index (κ2) is 11.0. The van der Waals surface area contributed by atoms with Crippen molar-refractivity contribution < 1.29 is 4.74 Å². The van der Waals surface area contributed by atoms with Gasteiger partial charge in [-0.2, -0.15) is 0 Å². The Morgan fingerprint density at radius 2 is 1.77 bits per heavy atom. The predicted molar refractivity (Wildman–Crippen MR) is 153 cm³/mol. The average Bonchev–Trinajstić information content (AvgIpc) is 3.35. The van der Waals surface area contributed by atoms with Gasteiger partial charge in [0.05, 0.1) is 5.56 Å². The van der Waals surface area contributed by atoms with Crippen LogP contribution in [0.5, 0.6) is 5.88 Å². The molecule has 0 spiro atoms. The van der Waals surface area contributed by atoms with Crippen LogP contribution in [-0.2, 0) is 6.54 Å². The van der Waals surface area contributed by atoms with Gasteiger partial charge in [-0.05, 0) is 60.9 Å². The molecule has 1 fully saturated rings. The number of anilines is 1. The third-order valence-electron chi connectivity index (χ3n) is 6.96. The van der Waals surface area contributed by atoms with Crippen LogP contribution in [-0.4, -0.2) is 61.9 Å². The van der Waals surface area contributed by atoms with Crippen LogP contribution in [0.4, 0.5) is 5.82 Å². The summed E-state index contributed by atoms with van der Waals surface area (Å²) < 4.78 is 8.17. The van der Waals surface area contributed by atoms with Crippen LogP contribution < -0.4 is 10.5 Å². The van der Waals surface area contributed by atoms with Crippen LogP contribution in [0.15, 0.2) is 84.2 Å². The molecule has 1 saturated heterocycles. The number of nitrogens with two attached hydrogens (primary N) is 1. The molecule has 1 aliphatic rings. The predicted octanol–water partition coefficient (Wildman–Crippen LogP) is 4.55. The lowest BCUT2D eigenvalue weighted by molar-refractivity contribution is 0.0932. The quantitative estimate of drug-likeness (QED) is 0.315. The summed E-state index contributed by atoms with van der Waals surface area (Å²) in [6, 6.07) is 20.1. The Balaban J connectivity index is 1.13. The maximum absolute atomic E-state index is 6.21. The van der Waals surface area contributed by atoms with Gasteiger partial charge in [0.15, 0.2) is 11.5 Å². The monoisotopic (exact) mass is 518 g/mol. The lowest BCUT2D eigenvalue weighted by Crippen LogP contribution is -2.37. The highest BCUT2D eigenvalue weighted by atomic mass is 16.5. The molecule has 2 N–H and O–H groups in total. The minimum absolute atomic E-state index is 0.183. The SMILES string of the molecule is C/N=C\c1ccc(OC2CCN(Cc3ccc(-n4c(-c5cccnc5N)nc5cccnc54)cc3)CC2)nc1. The van der Waals surface area contributed by atoms with E-state index >= 15 is 0 Å². The highest BCUT2D eigenvalue weighted by molar-refractivity contribution is 5.82. The van der Waals surface area contributed by atoms with E-state index < -0.39 is 0 Å². The number of nitrogen functional groups attached to an aromatic ring is 1. The highest BCUT2D eigenvalue weighted by Gasteiger charge is 2.22. The van der Waals surface area contributed by atoms with Gasteiger partial charge in [-0.15, -0.1) is 0 Å². The number of aliphatic imine (C=N–C) groups is 1. The van der Waals surface area contributed by atoms with Crippen LogP contribution in [0.1, 0.15) is 24.0 Å². The van der Waals surface area contributed by atoms with E-state index in [0.717, 1.165) is 66.3 Å². The van der Waals surface area contributed by atoms with Crippen LogP contribution in [0, 0.1) is 0 Å². The third kappa shape index (κ3) is 5.35. The molecule has 196 valence electrons. The van der Waals surface area contributed by atoms with Crippen molar-refractivity contribution in [2.45, 2.75) is 25.5 Å². The van der Waals surface area contributed by atoms with E-state index in [-0.39, 0.29) is 6.10 Å². The van der Waals surface area contributed by atoms with Crippen molar-refractivity contribution in [3.63, 3.8) is 0 Å². The summed E-state index contributed by atoms with van der Waals surface area (Å²) in [6.45, 7) is 2.85. The van der Waals surface area contributed by atoms with E-state index in [4.69, 9.17) is 15.5 Å². The van der Waals surface area contributed by atoms with Gasteiger partial charge in [0.2, 0.25) is 5.88 Å². The normalized spacial score (nSPS) is 14.8. The fraction of sp³-hybridized carbons (Fsp3) is 0.233. The second-order valence-corrected chi connectivity index (χ2v) is 9.63. The Labute approximate surface area is 227 Å². The van der Waals surface area contributed by atoms with Crippen LogP contribution >= 0.6 is 0 Å². The number of nitrogens with zero attached hydrogens (tertiary/aromatic N) is 7. The van der Waals surface area contributed by atoms with Crippen LogP contribution in [0.2, 0.25) is 0 Å². The van der Waals surface area contributed by atoms with Gasteiger partial charge in [0, 0.05) is 68.8 Å². The molecular formula is C30H30N8O. The average molecular weight is 519 g/mol. The first-order valence-corrected chi connectivity index (χ1v) is 13.1. The summed E-state index contributed by atoms with van der Waals surface area (Å²) in [5.41, 5.74) is 11.8. The van der Waals surface area contributed by atoms with Crippen molar-refractivity contribution in [3.8, 4) is 23.0 Å². The summed E-state index contributed by atoms with van der Waals surface area (Å²) >= 11 is 0. The molecular weight excluding hydrogens is 488 g/mol. The number of fused-ring (bicyclic) bond motifs is 1. The molecule has 0 unspecified atom stereocenters. The number of hydrogen-bond donors (Lipinski definition) is 1. The van der Waals surface area contributed by atoms with Crippen molar-refractivity contribution in [1.29, 1.82) is 0 Å². The molecule has 0 atom stereocenters. The van der Waals surface area contributed by atoms with Gasteiger partial charge in [0.25, 0.3) is 0 Å². The van der Waals surface area contributed by atoms with E-state index in [9.17, 15) is 0 Å². The zero-order chi connectivity index (χ0) is 26.6.